The molecule has 1 N–H and O–H groups in total. The van der Waals surface area contributed by atoms with Gasteiger partial charge in [-0.05, 0) is 62.1 Å². The summed E-state index contributed by atoms with van der Waals surface area (Å²) in [6, 6.07) is 15.2. The Morgan fingerprint density at radius 1 is 0.885 bits per heavy atom. The SMILES string of the molecule is CC(c1ccc(Cl)cc1)C(CNS(=O)(=O)C(C)(C)C)c1ccc(Cl)cc1. The van der Waals surface area contributed by atoms with Gasteiger partial charge in [0.25, 0.3) is 0 Å². The fourth-order valence-corrected chi connectivity index (χ4v) is 3.79. The van der Waals surface area contributed by atoms with E-state index in [9.17, 15) is 8.42 Å². The first-order valence-electron chi connectivity index (χ1n) is 8.51. The number of sulfonamides is 1. The van der Waals surface area contributed by atoms with E-state index in [0.717, 1.165) is 11.1 Å². The lowest BCUT2D eigenvalue weighted by atomic mass is 9.83. The number of benzene rings is 2. The molecule has 142 valence electrons. The molecule has 2 atom stereocenters. The van der Waals surface area contributed by atoms with Crippen LogP contribution >= 0.6 is 23.2 Å². The maximum absolute atomic E-state index is 12.5. The van der Waals surface area contributed by atoms with E-state index in [0.29, 0.717) is 16.6 Å². The molecule has 0 bridgehead atoms. The Balaban J connectivity index is 2.33. The molecule has 0 spiro atoms. The van der Waals surface area contributed by atoms with Gasteiger partial charge in [0.15, 0.2) is 0 Å². The van der Waals surface area contributed by atoms with Gasteiger partial charge >= 0.3 is 0 Å². The van der Waals surface area contributed by atoms with Crippen molar-refractivity contribution >= 4 is 33.2 Å². The standard InChI is InChI=1S/C20H25Cl2NO2S/c1-14(15-5-9-17(21)10-6-15)19(16-7-11-18(22)12-8-16)13-23-26(24,25)20(2,3)4/h5-12,14,19,23H,13H2,1-4H3. The number of halogens is 2. The van der Waals surface area contributed by atoms with E-state index < -0.39 is 14.8 Å². The molecule has 0 aromatic heterocycles. The van der Waals surface area contributed by atoms with E-state index in [1.165, 1.54) is 0 Å². The number of hydrogen-bond donors (Lipinski definition) is 1. The smallest absolute Gasteiger partial charge is 0.214 e. The summed E-state index contributed by atoms with van der Waals surface area (Å²) in [6.07, 6.45) is 0. The minimum Gasteiger partial charge on any atom is -0.214 e. The zero-order chi connectivity index (χ0) is 19.5. The predicted octanol–water partition coefficient (Wildman–Crippen LogP) is 5.60. The third kappa shape index (κ3) is 5.23. The van der Waals surface area contributed by atoms with Crippen LogP contribution < -0.4 is 4.72 Å². The highest BCUT2D eigenvalue weighted by Gasteiger charge is 2.31. The van der Waals surface area contributed by atoms with Crippen molar-refractivity contribution in [3.8, 4) is 0 Å². The first-order valence-corrected chi connectivity index (χ1v) is 10.8. The van der Waals surface area contributed by atoms with Gasteiger partial charge in [-0.1, -0.05) is 54.4 Å². The second-order valence-corrected chi connectivity index (χ2v) is 10.9. The van der Waals surface area contributed by atoms with Gasteiger partial charge in [-0.2, -0.15) is 0 Å². The molecule has 0 saturated heterocycles. The van der Waals surface area contributed by atoms with Crippen molar-refractivity contribution in [2.75, 3.05) is 6.54 Å². The Morgan fingerprint density at radius 3 is 1.73 bits per heavy atom. The third-order valence-corrected chi connectivity index (χ3v) is 7.26. The van der Waals surface area contributed by atoms with Crippen molar-refractivity contribution in [2.45, 2.75) is 44.3 Å². The van der Waals surface area contributed by atoms with Crippen molar-refractivity contribution in [1.82, 2.24) is 4.72 Å². The van der Waals surface area contributed by atoms with E-state index >= 15 is 0 Å². The van der Waals surface area contributed by atoms with Gasteiger partial charge in [0.05, 0.1) is 4.75 Å². The first kappa shape index (κ1) is 21.2. The van der Waals surface area contributed by atoms with Crippen LogP contribution in [0, 0.1) is 0 Å². The van der Waals surface area contributed by atoms with E-state index in [1.54, 1.807) is 20.8 Å². The molecule has 0 fully saturated rings. The Hall–Kier alpha value is -1.07. The minimum atomic E-state index is -3.43. The van der Waals surface area contributed by atoms with Gasteiger partial charge in [0.1, 0.15) is 0 Å². The molecule has 6 heteroatoms. The van der Waals surface area contributed by atoms with Crippen LogP contribution in [0.5, 0.6) is 0 Å². The molecule has 0 amide bonds. The highest BCUT2D eigenvalue weighted by molar-refractivity contribution is 7.90. The molecular formula is C20H25Cl2NO2S. The minimum absolute atomic E-state index is 0.0365. The van der Waals surface area contributed by atoms with Crippen LogP contribution in [0.15, 0.2) is 48.5 Å². The van der Waals surface area contributed by atoms with Crippen LogP contribution in [0.1, 0.15) is 50.7 Å². The molecule has 2 rings (SSSR count). The summed E-state index contributed by atoms with van der Waals surface area (Å²) in [5, 5.41) is 1.33. The van der Waals surface area contributed by atoms with Gasteiger partial charge in [-0.15, -0.1) is 0 Å². The second-order valence-electron chi connectivity index (χ2n) is 7.46. The lowest BCUT2D eigenvalue weighted by Crippen LogP contribution is -2.41. The monoisotopic (exact) mass is 413 g/mol. The zero-order valence-corrected chi connectivity index (χ0v) is 17.8. The van der Waals surface area contributed by atoms with Gasteiger partial charge in [0.2, 0.25) is 10.0 Å². The summed E-state index contributed by atoms with van der Waals surface area (Å²) >= 11 is 12.0. The second kappa shape index (κ2) is 8.30. The molecule has 0 saturated carbocycles. The molecule has 0 aliphatic rings. The number of rotatable bonds is 6. The lowest BCUT2D eigenvalue weighted by molar-refractivity contribution is 0.518. The van der Waals surface area contributed by atoms with E-state index in [1.807, 2.05) is 48.5 Å². The van der Waals surface area contributed by atoms with Crippen LogP contribution in [-0.4, -0.2) is 19.7 Å². The average molecular weight is 414 g/mol. The summed E-state index contributed by atoms with van der Waals surface area (Å²) in [5.41, 5.74) is 2.14. The maximum Gasteiger partial charge on any atom is 0.216 e. The Bertz CT molecular complexity index is 826. The van der Waals surface area contributed by atoms with Crippen LogP contribution in [0.4, 0.5) is 0 Å². The van der Waals surface area contributed by atoms with Crippen molar-refractivity contribution < 1.29 is 8.42 Å². The molecule has 0 heterocycles. The summed E-state index contributed by atoms with van der Waals surface area (Å²) in [7, 11) is -3.43. The maximum atomic E-state index is 12.5. The first-order chi connectivity index (χ1) is 12.0. The van der Waals surface area contributed by atoms with Crippen LogP contribution in [-0.2, 0) is 10.0 Å². The molecular weight excluding hydrogens is 389 g/mol. The van der Waals surface area contributed by atoms with E-state index in [-0.39, 0.29) is 11.8 Å². The molecule has 0 aliphatic carbocycles. The Kier molecular flexibility index (Phi) is 6.78. The van der Waals surface area contributed by atoms with Gasteiger partial charge in [-0.25, -0.2) is 13.1 Å². The molecule has 2 aromatic rings. The third-order valence-electron chi connectivity index (χ3n) is 4.60. The van der Waals surface area contributed by atoms with Crippen molar-refractivity contribution in [2.24, 2.45) is 0 Å². The normalized spacial score (nSPS) is 14.8. The Labute approximate surface area is 166 Å². The molecule has 0 aliphatic heterocycles. The van der Waals surface area contributed by atoms with Crippen molar-refractivity contribution in [1.29, 1.82) is 0 Å². The summed E-state index contributed by atoms with van der Waals surface area (Å²) in [4.78, 5) is 0. The quantitative estimate of drug-likeness (QED) is 0.669. The summed E-state index contributed by atoms with van der Waals surface area (Å²) in [6.45, 7) is 7.47. The molecule has 26 heavy (non-hydrogen) atoms. The number of hydrogen-bond acceptors (Lipinski definition) is 2. The largest absolute Gasteiger partial charge is 0.216 e. The predicted molar refractivity (Wildman–Crippen MR) is 111 cm³/mol. The highest BCUT2D eigenvalue weighted by Crippen LogP contribution is 2.34. The molecule has 0 radical (unpaired) electrons. The lowest BCUT2D eigenvalue weighted by Gasteiger charge is -2.28. The fourth-order valence-electron chi connectivity index (χ4n) is 2.71. The van der Waals surface area contributed by atoms with E-state index in [4.69, 9.17) is 23.2 Å². The molecule has 3 nitrogen and oxygen atoms in total. The fraction of sp³-hybridized carbons (Fsp3) is 0.400. The van der Waals surface area contributed by atoms with Crippen LogP contribution in [0.3, 0.4) is 0 Å². The summed E-state index contributed by atoms with van der Waals surface area (Å²) in [5.74, 6) is 0.0571. The van der Waals surface area contributed by atoms with Gasteiger partial charge in [-0.3, -0.25) is 0 Å². The highest BCUT2D eigenvalue weighted by atomic mass is 35.5. The zero-order valence-electron chi connectivity index (χ0n) is 15.5. The van der Waals surface area contributed by atoms with Crippen LogP contribution in [0.25, 0.3) is 0 Å². The van der Waals surface area contributed by atoms with Crippen molar-refractivity contribution in [3.05, 3.63) is 69.7 Å². The van der Waals surface area contributed by atoms with Gasteiger partial charge in [0, 0.05) is 22.5 Å². The number of nitrogens with one attached hydrogen (secondary N) is 1. The topological polar surface area (TPSA) is 46.2 Å². The van der Waals surface area contributed by atoms with E-state index in [2.05, 4.69) is 11.6 Å². The van der Waals surface area contributed by atoms with Crippen LogP contribution in [0.2, 0.25) is 10.0 Å². The summed E-state index contributed by atoms with van der Waals surface area (Å²) < 4.78 is 26.9. The molecule has 2 aromatic carbocycles. The average Bonchev–Trinajstić information content (AvgIpc) is 2.56. The Morgan fingerprint density at radius 2 is 1.31 bits per heavy atom. The van der Waals surface area contributed by atoms with Gasteiger partial charge < -0.3 is 0 Å². The van der Waals surface area contributed by atoms with Crippen molar-refractivity contribution in [3.63, 3.8) is 0 Å². The molecule has 2 unspecified atom stereocenters.